The molecule has 1 aliphatic rings. The van der Waals surface area contributed by atoms with Crippen molar-refractivity contribution in [3.8, 4) is 0 Å². The van der Waals surface area contributed by atoms with Gasteiger partial charge in [0.05, 0.1) is 12.9 Å². The van der Waals surface area contributed by atoms with Gasteiger partial charge in [0.25, 0.3) is 0 Å². The van der Waals surface area contributed by atoms with Crippen molar-refractivity contribution in [3.05, 3.63) is 25.0 Å². The van der Waals surface area contributed by atoms with E-state index in [9.17, 15) is 0 Å². The first-order chi connectivity index (χ1) is 5.34. The summed E-state index contributed by atoms with van der Waals surface area (Å²) in [5.41, 5.74) is 0. The monoisotopic (exact) mass is 152 g/mol. The molecular formula is C10H16O. The zero-order valence-corrected chi connectivity index (χ0v) is 7.12. The van der Waals surface area contributed by atoms with Crippen LogP contribution < -0.4 is 0 Å². The van der Waals surface area contributed by atoms with E-state index in [1.165, 1.54) is 12.7 Å². The molecule has 1 heteroatoms. The molecule has 1 aliphatic carbocycles. The van der Waals surface area contributed by atoms with Gasteiger partial charge in [0.2, 0.25) is 0 Å². The summed E-state index contributed by atoms with van der Waals surface area (Å²) >= 11 is 0. The molecule has 0 aromatic heterocycles. The lowest BCUT2D eigenvalue weighted by atomic mass is 9.85. The topological polar surface area (TPSA) is 9.23 Å². The van der Waals surface area contributed by atoms with Crippen LogP contribution in [0.1, 0.15) is 19.8 Å². The molecule has 2 unspecified atom stereocenters. The van der Waals surface area contributed by atoms with E-state index in [4.69, 9.17) is 4.74 Å². The molecule has 11 heavy (non-hydrogen) atoms. The molecule has 2 atom stereocenters. The van der Waals surface area contributed by atoms with Crippen LogP contribution in [-0.4, -0.2) is 6.61 Å². The van der Waals surface area contributed by atoms with Crippen LogP contribution in [0.3, 0.4) is 0 Å². The molecule has 0 saturated carbocycles. The number of hydrogen-bond acceptors (Lipinski definition) is 1. The fourth-order valence-corrected chi connectivity index (χ4v) is 1.43. The normalized spacial score (nSPS) is 29.9. The Morgan fingerprint density at radius 2 is 2.27 bits per heavy atom. The molecule has 0 radical (unpaired) electrons. The molecule has 0 bridgehead atoms. The molecule has 0 saturated heterocycles. The van der Waals surface area contributed by atoms with Crippen LogP contribution >= 0.6 is 0 Å². The van der Waals surface area contributed by atoms with E-state index in [0.717, 1.165) is 18.9 Å². The smallest absolute Gasteiger partial charge is 0.0906 e. The molecule has 0 spiro atoms. The molecule has 0 N–H and O–H groups in total. The third kappa shape index (κ3) is 2.41. The van der Waals surface area contributed by atoms with E-state index < -0.39 is 0 Å². The Kier molecular flexibility index (Phi) is 3.21. The van der Waals surface area contributed by atoms with Crippen LogP contribution in [0.2, 0.25) is 0 Å². The maximum absolute atomic E-state index is 5.17. The molecule has 0 heterocycles. The fraction of sp³-hybridized carbons (Fsp3) is 0.600. The van der Waals surface area contributed by atoms with E-state index in [-0.39, 0.29) is 0 Å². The number of allylic oxidation sites excluding steroid dienone is 2. The zero-order chi connectivity index (χ0) is 8.10. The predicted molar refractivity (Wildman–Crippen MR) is 47.2 cm³/mol. The number of hydrogen-bond donors (Lipinski definition) is 0. The summed E-state index contributed by atoms with van der Waals surface area (Å²) in [5.74, 6) is 1.46. The van der Waals surface area contributed by atoms with Gasteiger partial charge in [-0.1, -0.05) is 25.7 Å². The van der Waals surface area contributed by atoms with Gasteiger partial charge in [-0.2, -0.15) is 0 Å². The lowest BCUT2D eigenvalue weighted by Gasteiger charge is -2.24. The summed E-state index contributed by atoms with van der Waals surface area (Å²) in [5, 5.41) is 0. The second-order valence-electron chi connectivity index (χ2n) is 3.18. The third-order valence-corrected chi connectivity index (χ3v) is 2.35. The first-order valence-electron chi connectivity index (χ1n) is 4.22. The van der Waals surface area contributed by atoms with Gasteiger partial charge < -0.3 is 4.74 Å². The Balaban J connectivity index is 2.31. The lowest BCUT2D eigenvalue weighted by Crippen LogP contribution is -2.18. The second-order valence-corrected chi connectivity index (χ2v) is 3.18. The van der Waals surface area contributed by atoms with E-state index >= 15 is 0 Å². The predicted octanol–water partition coefficient (Wildman–Crippen LogP) is 2.75. The highest BCUT2D eigenvalue weighted by molar-refractivity contribution is 4.93. The van der Waals surface area contributed by atoms with Gasteiger partial charge in [-0.15, -0.1) is 0 Å². The van der Waals surface area contributed by atoms with Crippen molar-refractivity contribution in [3.63, 3.8) is 0 Å². The molecule has 1 rings (SSSR count). The average molecular weight is 152 g/mol. The van der Waals surface area contributed by atoms with Gasteiger partial charge >= 0.3 is 0 Å². The zero-order valence-electron chi connectivity index (χ0n) is 7.12. The van der Waals surface area contributed by atoms with Crippen molar-refractivity contribution in [2.75, 3.05) is 6.61 Å². The molecular weight excluding hydrogens is 136 g/mol. The SMILES string of the molecule is C=COCC1CC=CCC1C. The van der Waals surface area contributed by atoms with E-state index in [0.29, 0.717) is 5.92 Å². The summed E-state index contributed by atoms with van der Waals surface area (Å²) in [6.45, 7) is 6.64. The maximum Gasteiger partial charge on any atom is 0.0906 e. The van der Waals surface area contributed by atoms with Gasteiger partial charge in [-0.25, -0.2) is 0 Å². The highest BCUT2D eigenvalue weighted by atomic mass is 16.5. The maximum atomic E-state index is 5.17. The van der Waals surface area contributed by atoms with Gasteiger partial charge in [-0.3, -0.25) is 0 Å². The van der Waals surface area contributed by atoms with E-state index in [1.807, 2.05) is 0 Å². The van der Waals surface area contributed by atoms with Crippen LogP contribution in [0.5, 0.6) is 0 Å². The lowest BCUT2D eigenvalue weighted by molar-refractivity contribution is 0.157. The first-order valence-corrected chi connectivity index (χ1v) is 4.22. The van der Waals surface area contributed by atoms with Crippen molar-refractivity contribution < 1.29 is 4.74 Å². The highest BCUT2D eigenvalue weighted by Crippen LogP contribution is 2.24. The second kappa shape index (κ2) is 4.22. The minimum atomic E-state index is 0.693. The molecule has 0 fully saturated rings. The molecule has 0 aliphatic heterocycles. The first kappa shape index (κ1) is 8.38. The minimum absolute atomic E-state index is 0.693. The van der Waals surface area contributed by atoms with Crippen LogP contribution in [0, 0.1) is 11.8 Å². The van der Waals surface area contributed by atoms with Crippen molar-refractivity contribution in [2.45, 2.75) is 19.8 Å². The summed E-state index contributed by atoms with van der Waals surface area (Å²) in [6, 6.07) is 0. The Bertz CT molecular complexity index is 149. The molecule has 0 aromatic carbocycles. The average Bonchev–Trinajstić information content (AvgIpc) is 2.03. The Labute approximate surface area is 68.8 Å². The third-order valence-electron chi connectivity index (χ3n) is 2.35. The fourth-order valence-electron chi connectivity index (χ4n) is 1.43. The molecule has 1 nitrogen and oxygen atoms in total. The number of rotatable bonds is 3. The van der Waals surface area contributed by atoms with Gasteiger partial charge in [0, 0.05) is 0 Å². The summed E-state index contributed by atoms with van der Waals surface area (Å²) in [7, 11) is 0. The Morgan fingerprint density at radius 1 is 1.55 bits per heavy atom. The van der Waals surface area contributed by atoms with Crippen molar-refractivity contribution in [2.24, 2.45) is 11.8 Å². The van der Waals surface area contributed by atoms with Gasteiger partial charge in [0.15, 0.2) is 0 Å². The Morgan fingerprint density at radius 3 is 2.91 bits per heavy atom. The van der Waals surface area contributed by atoms with Crippen LogP contribution in [0.4, 0.5) is 0 Å². The van der Waals surface area contributed by atoms with Crippen molar-refractivity contribution >= 4 is 0 Å². The van der Waals surface area contributed by atoms with Crippen molar-refractivity contribution in [1.29, 1.82) is 0 Å². The molecule has 0 aromatic rings. The summed E-state index contributed by atoms with van der Waals surface area (Å²) < 4.78 is 5.17. The van der Waals surface area contributed by atoms with Gasteiger partial charge in [0.1, 0.15) is 0 Å². The summed E-state index contributed by atoms with van der Waals surface area (Å²) in [4.78, 5) is 0. The standard InChI is InChI=1S/C10H16O/c1-3-11-8-10-7-5-4-6-9(10)2/h3-5,9-10H,1,6-8H2,2H3. The summed E-state index contributed by atoms with van der Waals surface area (Å²) in [6.07, 6.45) is 8.40. The number of ether oxygens (including phenoxy) is 1. The highest BCUT2D eigenvalue weighted by Gasteiger charge is 2.17. The minimum Gasteiger partial charge on any atom is -0.502 e. The van der Waals surface area contributed by atoms with Gasteiger partial charge in [-0.05, 0) is 24.7 Å². The van der Waals surface area contributed by atoms with Crippen LogP contribution in [0.15, 0.2) is 25.0 Å². The Hall–Kier alpha value is -0.720. The van der Waals surface area contributed by atoms with E-state index in [1.54, 1.807) is 0 Å². The quantitative estimate of drug-likeness (QED) is 0.446. The van der Waals surface area contributed by atoms with Crippen molar-refractivity contribution in [1.82, 2.24) is 0 Å². The van der Waals surface area contributed by atoms with E-state index in [2.05, 4.69) is 25.7 Å². The largest absolute Gasteiger partial charge is 0.502 e. The van der Waals surface area contributed by atoms with Crippen LogP contribution in [-0.2, 0) is 4.74 Å². The van der Waals surface area contributed by atoms with Crippen LogP contribution in [0.25, 0.3) is 0 Å². The molecule has 62 valence electrons. The molecule has 0 amide bonds.